The molecule has 116 valence electrons. The van der Waals surface area contributed by atoms with Crippen molar-refractivity contribution in [2.75, 3.05) is 40.3 Å². The quantitative estimate of drug-likeness (QED) is 0.661. The van der Waals surface area contributed by atoms with E-state index in [1.54, 1.807) is 0 Å². The molecule has 0 aromatic rings. The molecule has 2 heterocycles. The van der Waals surface area contributed by atoms with Gasteiger partial charge < -0.3 is 14.5 Å². The van der Waals surface area contributed by atoms with Crippen molar-refractivity contribution in [3.8, 4) is 12.3 Å². The van der Waals surface area contributed by atoms with Gasteiger partial charge in [-0.15, -0.1) is 12.3 Å². The van der Waals surface area contributed by atoms with Crippen LogP contribution in [0.25, 0.3) is 0 Å². The summed E-state index contributed by atoms with van der Waals surface area (Å²) >= 11 is 0. The van der Waals surface area contributed by atoms with Crippen molar-refractivity contribution in [2.45, 2.75) is 37.5 Å². The molecule has 1 saturated heterocycles. The molecule has 2 aliphatic rings. The Balaban J connectivity index is 1.74. The summed E-state index contributed by atoms with van der Waals surface area (Å²) in [5.41, 5.74) is -0.364. The minimum Gasteiger partial charge on any atom is -0.373 e. The zero-order valence-corrected chi connectivity index (χ0v) is 12.9. The minimum absolute atomic E-state index is 0.100. The molecule has 2 rings (SSSR count). The van der Waals surface area contributed by atoms with Gasteiger partial charge in [0.1, 0.15) is 0 Å². The van der Waals surface area contributed by atoms with Crippen molar-refractivity contribution in [3.63, 3.8) is 0 Å². The van der Waals surface area contributed by atoms with Crippen molar-refractivity contribution in [2.24, 2.45) is 10.2 Å². The number of terminal acetylenes is 1. The van der Waals surface area contributed by atoms with Crippen LogP contribution in [-0.2, 0) is 9.53 Å². The summed E-state index contributed by atoms with van der Waals surface area (Å²) in [6, 6.07) is 0. The summed E-state index contributed by atoms with van der Waals surface area (Å²) in [4.78, 5) is 16.3. The molecule has 0 aromatic carbocycles. The van der Waals surface area contributed by atoms with Crippen molar-refractivity contribution in [1.82, 2.24) is 9.80 Å². The van der Waals surface area contributed by atoms with Crippen LogP contribution in [0.4, 0.5) is 0 Å². The number of nitrogens with zero attached hydrogens (tertiary/aromatic N) is 4. The van der Waals surface area contributed by atoms with Crippen molar-refractivity contribution < 1.29 is 9.53 Å². The Kier molecular flexibility index (Phi) is 5.32. The van der Waals surface area contributed by atoms with Gasteiger partial charge in [0.25, 0.3) is 0 Å². The van der Waals surface area contributed by atoms with E-state index >= 15 is 0 Å². The molecule has 1 amide bonds. The lowest BCUT2D eigenvalue weighted by molar-refractivity contribution is -0.139. The maximum Gasteiger partial charge on any atom is 0.222 e. The van der Waals surface area contributed by atoms with Crippen LogP contribution in [0.3, 0.4) is 0 Å². The van der Waals surface area contributed by atoms with Gasteiger partial charge in [-0.05, 0) is 14.1 Å². The summed E-state index contributed by atoms with van der Waals surface area (Å²) in [6.45, 7) is 2.79. The summed E-state index contributed by atoms with van der Waals surface area (Å²) in [6.07, 6.45) is 7.92. The van der Waals surface area contributed by atoms with Crippen LogP contribution in [0.2, 0.25) is 0 Å². The van der Waals surface area contributed by atoms with Gasteiger partial charge in [0.15, 0.2) is 5.66 Å². The van der Waals surface area contributed by atoms with Gasteiger partial charge in [-0.2, -0.15) is 10.2 Å². The van der Waals surface area contributed by atoms with Crippen molar-refractivity contribution in [1.29, 1.82) is 0 Å². The van der Waals surface area contributed by atoms with E-state index < -0.39 is 0 Å². The second-order valence-corrected chi connectivity index (χ2v) is 5.98. The molecule has 0 saturated carbocycles. The number of hydrogen-bond acceptors (Lipinski definition) is 5. The average molecular weight is 292 g/mol. The lowest BCUT2D eigenvalue weighted by Gasteiger charge is -2.34. The molecule has 0 aliphatic carbocycles. The largest absolute Gasteiger partial charge is 0.373 e. The minimum atomic E-state index is -0.364. The summed E-state index contributed by atoms with van der Waals surface area (Å²) in [5.74, 6) is 2.77. The Morgan fingerprint density at radius 2 is 2.24 bits per heavy atom. The topological polar surface area (TPSA) is 57.5 Å². The predicted molar refractivity (Wildman–Crippen MR) is 79.8 cm³/mol. The zero-order chi connectivity index (χ0) is 15.3. The monoisotopic (exact) mass is 292 g/mol. The predicted octanol–water partition coefficient (Wildman–Crippen LogP) is 1.13. The van der Waals surface area contributed by atoms with E-state index in [0.29, 0.717) is 39.0 Å². The van der Waals surface area contributed by atoms with Crippen LogP contribution in [-0.4, -0.2) is 67.8 Å². The first-order chi connectivity index (χ1) is 10.0. The lowest BCUT2D eigenvalue weighted by atomic mass is 10.0. The van der Waals surface area contributed by atoms with E-state index in [9.17, 15) is 4.79 Å². The van der Waals surface area contributed by atoms with E-state index in [4.69, 9.17) is 11.2 Å². The summed E-state index contributed by atoms with van der Waals surface area (Å²) in [5, 5.41) is 8.14. The Bertz CT molecular complexity index is 435. The van der Waals surface area contributed by atoms with Gasteiger partial charge in [-0.1, -0.05) is 0 Å². The molecular weight excluding hydrogens is 268 g/mol. The average Bonchev–Trinajstić information content (AvgIpc) is 3.23. The molecule has 0 spiro atoms. The Morgan fingerprint density at radius 1 is 1.48 bits per heavy atom. The molecule has 0 aromatic heterocycles. The number of likely N-dealkylation sites (N-methyl/N-ethyl adjacent to an activating group) is 1. The summed E-state index contributed by atoms with van der Waals surface area (Å²) < 4.78 is 5.69. The second-order valence-electron chi connectivity index (χ2n) is 5.98. The molecule has 1 unspecified atom stereocenters. The highest BCUT2D eigenvalue weighted by molar-refractivity contribution is 5.76. The molecule has 1 fully saturated rings. The first-order valence-corrected chi connectivity index (χ1v) is 7.46. The summed E-state index contributed by atoms with van der Waals surface area (Å²) in [7, 11) is 4.02. The van der Waals surface area contributed by atoms with Gasteiger partial charge in [-0.25, -0.2) is 0 Å². The second kappa shape index (κ2) is 7.01. The van der Waals surface area contributed by atoms with E-state index in [1.807, 2.05) is 19.0 Å². The third-order valence-corrected chi connectivity index (χ3v) is 3.85. The smallest absolute Gasteiger partial charge is 0.222 e. The highest BCUT2D eigenvalue weighted by atomic mass is 16.5. The van der Waals surface area contributed by atoms with Crippen LogP contribution in [0.1, 0.15) is 25.7 Å². The maximum absolute atomic E-state index is 12.3. The number of carbonyl (C=O) groups is 1. The fourth-order valence-corrected chi connectivity index (χ4v) is 2.60. The maximum atomic E-state index is 12.3. The lowest BCUT2D eigenvalue weighted by Crippen LogP contribution is -2.48. The highest BCUT2D eigenvalue weighted by Crippen LogP contribution is 2.37. The van der Waals surface area contributed by atoms with Crippen LogP contribution in [0, 0.1) is 12.3 Å². The molecule has 6 heteroatoms. The van der Waals surface area contributed by atoms with E-state index in [1.165, 1.54) is 0 Å². The van der Waals surface area contributed by atoms with Crippen molar-refractivity contribution >= 4 is 5.91 Å². The number of rotatable bonds is 7. The van der Waals surface area contributed by atoms with Crippen LogP contribution in [0.15, 0.2) is 10.2 Å². The van der Waals surface area contributed by atoms with E-state index in [0.717, 1.165) is 13.0 Å². The highest BCUT2D eigenvalue weighted by Gasteiger charge is 2.39. The van der Waals surface area contributed by atoms with Crippen LogP contribution in [0.5, 0.6) is 0 Å². The fraction of sp³-hybridized carbons (Fsp3) is 0.800. The normalized spacial score (nSPS) is 23.1. The van der Waals surface area contributed by atoms with E-state index in [2.05, 4.69) is 21.0 Å². The number of hydrogen-bond donors (Lipinski definition) is 0. The van der Waals surface area contributed by atoms with Crippen molar-refractivity contribution in [3.05, 3.63) is 0 Å². The Hall–Kier alpha value is -1.45. The molecule has 0 N–H and O–H groups in total. The molecule has 2 aliphatic heterocycles. The van der Waals surface area contributed by atoms with Gasteiger partial charge in [-0.3, -0.25) is 4.79 Å². The first kappa shape index (κ1) is 15.9. The number of amides is 1. The molecular formula is C15H24N4O2. The van der Waals surface area contributed by atoms with Crippen LogP contribution < -0.4 is 0 Å². The first-order valence-electron chi connectivity index (χ1n) is 7.46. The third kappa shape index (κ3) is 4.80. The Morgan fingerprint density at radius 3 is 2.86 bits per heavy atom. The molecule has 6 nitrogen and oxygen atoms in total. The number of morpholine rings is 1. The van der Waals surface area contributed by atoms with E-state index in [-0.39, 0.29) is 17.7 Å². The third-order valence-electron chi connectivity index (χ3n) is 3.85. The van der Waals surface area contributed by atoms with Crippen LogP contribution >= 0.6 is 0 Å². The number of carbonyl (C=O) groups excluding carboxylic acids is 1. The van der Waals surface area contributed by atoms with Gasteiger partial charge in [0.2, 0.25) is 5.91 Å². The molecule has 0 bridgehead atoms. The molecule has 0 radical (unpaired) electrons. The zero-order valence-electron chi connectivity index (χ0n) is 12.9. The standard InChI is InChI=1S/C15H24N4O2/c1-4-5-7-15(16-17-15)8-6-14(20)19-9-10-21-13(12-19)11-18(2)3/h1,13H,5-12H2,2-3H3. The van der Waals surface area contributed by atoms with Gasteiger partial charge >= 0.3 is 0 Å². The number of ether oxygens (including phenoxy) is 1. The SMILES string of the molecule is C#CCCC1(CCC(=O)N2CCOC(CN(C)C)C2)N=N1. The molecule has 1 atom stereocenters. The molecule has 21 heavy (non-hydrogen) atoms. The van der Waals surface area contributed by atoms with Gasteiger partial charge in [0.05, 0.1) is 12.7 Å². The fourth-order valence-electron chi connectivity index (χ4n) is 2.60. The Labute approximate surface area is 126 Å². The van der Waals surface area contributed by atoms with Gasteiger partial charge in [0, 0.05) is 45.3 Å².